The molecule has 114 valence electrons. The molecule has 0 aliphatic heterocycles. The molecule has 0 unspecified atom stereocenters. The van der Waals surface area contributed by atoms with Gasteiger partial charge in [0.2, 0.25) is 0 Å². The number of carbonyl (C=O) groups excluding carboxylic acids is 1. The third-order valence-corrected chi connectivity index (χ3v) is 5.50. The van der Waals surface area contributed by atoms with Crippen LogP contribution in [0.1, 0.15) is 51.9 Å². The molecule has 0 bridgehead atoms. The highest BCUT2D eigenvalue weighted by molar-refractivity contribution is 8.16. The molecule has 0 saturated heterocycles. The molecule has 0 aliphatic rings. The Hall–Kier alpha value is -0.130. The fourth-order valence-corrected chi connectivity index (χ4v) is 3.71. The maximum Gasteiger partial charge on any atom is 0.365 e. The van der Waals surface area contributed by atoms with E-state index in [1.165, 1.54) is 32.1 Å². The van der Waals surface area contributed by atoms with Gasteiger partial charge in [0.15, 0.2) is 0 Å². The summed E-state index contributed by atoms with van der Waals surface area (Å²) in [6, 6.07) is 0. The van der Waals surface area contributed by atoms with Gasteiger partial charge in [-0.2, -0.15) is 0 Å². The smallest absolute Gasteiger partial charge is 0.326 e. The summed E-state index contributed by atoms with van der Waals surface area (Å²) in [6.45, 7) is 1.76. The highest BCUT2D eigenvalue weighted by Crippen LogP contribution is 2.39. The van der Waals surface area contributed by atoms with Crippen LogP contribution in [0.15, 0.2) is 12.7 Å². The molecular formula is C12H25O5PS. The Balaban J connectivity index is 3.66. The standard InChI is InChI=1S/C12H25O5PS/c1-3-5-6-7-8-9-10-11-19-18(14,15)17-16-12(13)4-2/h4,14-15,19H,2-3,5-11H2,1H3. The van der Waals surface area contributed by atoms with Crippen LogP contribution in [0.2, 0.25) is 0 Å². The minimum atomic E-state index is -3.59. The average molecular weight is 312 g/mol. The average Bonchev–Trinajstić information content (AvgIpc) is 2.39. The molecule has 0 aliphatic carbocycles. The van der Waals surface area contributed by atoms with Gasteiger partial charge in [0.25, 0.3) is 0 Å². The second-order valence-electron chi connectivity index (χ2n) is 4.18. The summed E-state index contributed by atoms with van der Waals surface area (Å²) in [5, 5.41) is 0. The van der Waals surface area contributed by atoms with Gasteiger partial charge in [0.1, 0.15) is 0 Å². The third kappa shape index (κ3) is 12.6. The van der Waals surface area contributed by atoms with Crippen LogP contribution in [-0.2, 0) is 25.3 Å². The zero-order chi connectivity index (χ0) is 14.6. The van der Waals surface area contributed by atoms with Crippen LogP contribution >= 0.6 is 6.72 Å². The van der Waals surface area contributed by atoms with Gasteiger partial charge in [-0.1, -0.05) is 52.0 Å². The van der Waals surface area contributed by atoms with Crippen LogP contribution < -0.4 is 0 Å². The lowest BCUT2D eigenvalue weighted by Crippen LogP contribution is -2.01. The number of unbranched alkanes of at least 4 members (excludes halogenated alkanes) is 6. The van der Waals surface area contributed by atoms with E-state index >= 15 is 0 Å². The molecule has 0 amide bonds. The number of hydrogen-bond donors (Lipinski definition) is 3. The van der Waals surface area contributed by atoms with Crippen molar-refractivity contribution >= 4 is 23.6 Å². The number of hydrogen-bond acceptors (Lipinski definition) is 3. The first-order chi connectivity index (χ1) is 9.02. The fourth-order valence-electron chi connectivity index (χ4n) is 1.41. The summed E-state index contributed by atoms with van der Waals surface area (Å²) < 4.78 is 4.33. The van der Waals surface area contributed by atoms with Crippen molar-refractivity contribution in [3.05, 3.63) is 12.7 Å². The molecule has 0 radical (unpaired) electrons. The van der Waals surface area contributed by atoms with Gasteiger partial charge < -0.3 is 9.79 Å². The zero-order valence-electron chi connectivity index (χ0n) is 11.5. The van der Waals surface area contributed by atoms with Crippen molar-refractivity contribution < 1.29 is 24.1 Å². The number of thiol groups is 1. The monoisotopic (exact) mass is 312 g/mol. The van der Waals surface area contributed by atoms with E-state index in [4.69, 9.17) is 0 Å². The van der Waals surface area contributed by atoms with E-state index in [1.807, 2.05) is 0 Å². The first kappa shape index (κ1) is 18.9. The quantitative estimate of drug-likeness (QED) is 0.137. The Morgan fingerprint density at radius 3 is 2.37 bits per heavy atom. The maximum atomic E-state index is 10.7. The van der Waals surface area contributed by atoms with Crippen LogP contribution in [0.3, 0.4) is 0 Å². The van der Waals surface area contributed by atoms with Crippen molar-refractivity contribution in [3.63, 3.8) is 0 Å². The second-order valence-corrected chi connectivity index (χ2v) is 8.50. The molecule has 0 fully saturated rings. The van der Waals surface area contributed by atoms with Crippen LogP contribution in [0.4, 0.5) is 0 Å². The van der Waals surface area contributed by atoms with Gasteiger partial charge in [0, 0.05) is 6.08 Å². The highest BCUT2D eigenvalue weighted by atomic mass is 32.5. The molecular weight excluding hydrogens is 287 g/mol. The van der Waals surface area contributed by atoms with Gasteiger partial charge in [-0.25, -0.2) is 4.79 Å². The van der Waals surface area contributed by atoms with Gasteiger partial charge in [-0.15, -0.1) is 15.6 Å². The molecule has 0 heterocycles. The fraction of sp³-hybridized carbons (Fsp3) is 0.750. The third-order valence-electron chi connectivity index (χ3n) is 2.43. The van der Waals surface area contributed by atoms with Crippen molar-refractivity contribution in [1.29, 1.82) is 0 Å². The molecule has 0 aromatic carbocycles. The molecule has 0 rings (SSSR count). The predicted molar refractivity (Wildman–Crippen MR) is 80.4 cm³/mol. The van der Waals surface area contributed by atoms with Crippen LogP contribution in [0.5, 0.6) is 0 Å². The molecule has 0 aromatic heterocycles. The van der Waals surface area contributed by atoms with Gasteiger partial charge >= 0.3 is 12.7 Å². The summed E-state index contributed by atoms with van der Waals surface area (Å²) >= 11 is 0. The van der Waals surface area contributed by atoms with E-state index in [2.05, 4.69) is 23.1 Å². The summed E-state index contributed by atoms with van der Waals surface area (Å²) in [6.07, 6.45) is 9.07. The summed E-state index contributed by atoms with van der Waals surface area (Å²) in [5.41, 5.74) is 0. The van der Waals surface area contributed by atoms with Crippen LogP contribution in [0.25, 0.3) is 0 Å². The van der Waals surface area contributed by atoms with E-state index in [-0.39, 0.29) is 0 Å². The lowest BCUT2D eigenvalue weighted by Gasteiger charge is -2.09. The van der Waals surface area contributed by atoms with E-state index in [1.54, 1.807) is 0 Å². The Morgan fingerprint density at radius 1 is 1.21 bits per heavy atom. The van der Waals surface area contributed by atoms with Crippen molar-refractivity contribution in [2.75, 3.05) is 5.75 Å². The Morgan fingerprint density at radius 2 is 1.79 bits per heavy atom. The summed E-state index contributed by atoms with van der Waals surface area (Å²) in [5.74, 6) is -0.209. The first-order valence-electron chi connectivity index (χ1n) is 6.58. The molecule has 0 aromatic rings. The normalized spacial score (nSPS) is 11.3. The van der Waals surface area contributed by atoms with Crippen molar-refractivity contribution in [3.8, 4) is 0 Å². The van der Waals surface area contributed by atoms with Crippen molar-refractivity contribution in [1.82, 2.24) is 0 Å². The van der Waals surface area contributed by atoms with Gasteiger partial charge in [-0.3, -0.25) is 4.89 Å². The Kier molecular flexibility index (Phi) is 11.6. The number of rotatable bonds is 11. The van der Waals surface area contributed by atoms with Crippen LogP contribution in [0, 0.1) is 0 Å². The van der Waals surface area contributed by atoms with E-state index in [0.29, 0.717) is 16.7 Å². The van der Waals surface area contributed by atoms with E-state index in [0.717, 1.165) is 18.9 Å². The molecule has 0 spiro atoms. The van der Waals surface area contributed by atoms with Crippen LogP contribution in [-0.4, -0.2) is 21.5 Å². The summed E-state index contributed by atoms with van der Waals surface area (Å²) in [4.78, 5) is 33.8. The van der Waals surface area contributed by atoms with Gasteiger partial charge in [-0.05, 0) is 12.2 Å². The maximum absolute atomic E-state index is 10.7. The minimum absolute atomic E-state index is 0.374. The van der Waals surface area contributed by atoms with E-state index in [9.17, 15) is 14.6 Å². The lowest BCUT2D eigenvalue weighted by molar-refractivity contribution is -0.211. The topological polar surface area (TPSA) is 76.0 Å². The zero-order valence-corrected chi connectivity index (χ0v) is 13.2. The molecule has 0 atom stereocenters. The summed E-state index contributed by atoms with van der Waals surface area (Å²) in [7, 11) is 0.374. The van der Waals surface area contributed by atoms with Crippen molar-refractivity contribution in [2.45, 2.75) is 51.9 Å². The highest BCUT2D eigenvalue weighted by Gasteiger charge is 2.13. The Labute approximate surface area is 118 Å². The lowest BCUT2D eigenvalue weighted by atomic mass is 10.1. The van der Waals surface area contributed by atoms with Crippen molar-refractivity contribution in [2.24, 2.45) is 0 Å². The molecule has 0 saturated carbocycles. The molecule has 7 heteroatoms. The minimum Gasteiger partial charge on any atom is -0.326 e. The molecule has 2 N–H and O–H groups in total. The molecule has 19 heavy (non-hydrogen) atoms. The first-order valence-corrected chi connectivity index (χ1v) is 9.98. The Bertz CT molecular complexity index is 313. The molecule has 5 nitrogen and oxygen atoms in total. The van der Waals surface area contributed by atoms with E-state index < -0.39 is 12.7 Å². The van der Waals surface area contributed by atoms with Gasteiger partial charge in [0.05, 0.1) is 0 Å². The second kappa shape index (κ2) is 11.7. The number of carbonyl (C=O) groups is 1. The largest absolute Gasteiger partial charge is 0.365 e. The SMILES string of the molecule is C=CC(=O)OOP(O)(O)=[SH]CCCCCCCCC. The predicted octanol–water partition coefficient (Wildman–Crippen LogP) is 2.87.